The van der Waals surface area contributed by atoms with Gasteiger partial charge in [0.05, 0.1) is 13.0 Å². The Hall–Kier alpha value is -1.03. The SMILES string of the molecule is CN(CCC(F)(F)F)Cc1cc(C#CCCO)cs1. The minimum absolute atomic E-state index is 0.00702. The Bertz CT molecular complexity index is 445. The van der Waals surface area contributed by atoms with Gasteiger partial charge in [-0.1, -0.05) is 11.8 Å². The van der Waals surface area contributed by atoms with Gasteiger partial charge in [-0.25, -0.2) is 0 Å². The second-order valence-corrected chi connectivity index (χ2v) is 5.18. The highest BCUT2D eigenvalue weighted by molar-refractivity contribution is 7.10. The molecule has 0 atom stereocenters. The zero-order chi connectivity index (χ0) is 14.3. The van der Waals surface area contributed by atoms with E-state index in [2.05, 4.69) is 11.8 Å². The highest BCUT2D eigenvalue weighted by Crippen LogP contribution is 2.21. The van der Waals surface area contributed by atoms with E-state index in [9.17, 15) is 13.2 Å². The topological polar surface area (TPSA) is 23.5 Å². The van der Waals surface area contributed by atoms with Crippen LogP contribution in [0.4, 0.5) is 13.2 Å². The predicted octanol–water partition coefficient (Wildman–Crippen LogP) is 2.87. The first-order valence-electron chi connectivity index (χ1n) is 5.83. The summed E-state index contributed by atoms with van der Waals surface area (Å²) >= 11 is 1.48. The first kappa shape index (κ1) is 16.0. The smallest absolute Gasteiger partial charge is 0.390 e. The van der Waals surface area contributed by atoms with Crippen molar-refractivity contribution in [2.45, 2.75) is 25.6 Å². The normalized spacial score (nSPS) is 11.5. The number of hydrogen-bond donors (Lipinski definition) is 1. The van der Waals surface area contributed by atoms with E-state index >= 15 is 0 Å². The molecule has 0 spiro atoms. The summed E-state index contributed by atoms with van der Waals surface area (Å²) < 4.78 is 36.2. The second-order valence-electron chi connectivity index (χ2n) is 4.18. The van der Waals surface area contributed by atoms with Gasteiger partial charge in [-0.15, -0.1) is 11.3 Å². The molecule has 106 valence electrons. The molecule has 1 heterocycles. The molecule has 1 rings (SSSR count). The van der Waals surface area contributed by atoms with Crippen molar-refractivity contribution in [2.75, 3.05) is 20.2 Å². The van der Waals surface area contributed by atoms with Gasteiger partial charge in [0.15, 0.2) is 0 Å². The lowest BCUT2D eigenvalue weighted by Gasteiger charge is -2.16. The Morgan fingerprint density at radius 3 is 2.79 bits per heavy atom. The van der Waals surface area contributed by atoms with Crippen LogP contribution in [0, 0.1) is 11.8 Å². The van der Waals surface area contributed by atoms with Crippen molar-refractivity contribution in [3.8, 4) is 11.8 Å². The molecule has 1 N–H and O–H groups in total. The third kappa shape index (κ3) is 7.21. The molecule has 19 heavy (non-hydrogen) atoms. The van der Waals surface area contributed by atoms with Crippen LogP contribution in [-0.4, -0.2) is 36.4 Å². The van der Waals surface area contributed by atoms with Gasteiger partial charge >= 0.3 is 6.18 Å². The summed E-state index contributed by atoms with van der Waals surface area (Å²) in [6.45, 7) is 0.513. The number of halogens is 3. The molecular weight excluding hydrogens is 275 g/mol. The first-order valence-corrected chi connectivity index (χ1v) is 6.71. The van der Waals surface area contributed by atoms with Crippen molar-refractivity contribution in [2.24, 2.45) is 0 Å². The summed E-state index contributed by atoms with van der Waals surface area (Å²) in [6.07, 6.45) is -4.47. The fourth-order valence-electron chi connectivity index (χ4n) is 1.41. The van der Waals surface area contributed by atoms with Gasteiger partial charge in [0.25, 0.3) is 0 Å². The van der Waals surface area contributed by atoms with Crippen LogP contribution in [0.15, 0.2) is 11.4 Å². The van der Waals surface area contributed by atoms with E-state index < -0.39 is 12.6 Å². The zero-order valence-electron chi connectivity index (χ0n) is 10.6. The van der Waals surface area contributed by atoms with E-state index in [0.29, 0.717) is 13.0 Å². The number of nitrogens with zero attached hydrogens (tertiary/aromatic N) is 1. The Balaban J connectivity index is 2.43. The summed E-state index contributed by atoms with van der Waals surface area (Å²) in [5, 5.41) is 10.5. The molecule has 0 saturated carbocycles. The largest absolute Gasteiger partial charge is 0.395 e. The molecule has 0 unspecified atom stereocenters. The van der Waals surface area contributed by atoms with Crippen LogP contribution in [0.2, 0.25) is 0 Å². The van der Waals surface area contributed by atoms with Crippen LogP contribution in [0.3, 0.4) is 0 Å². The highest BCUT2D eigenvalue weighted by Gasteiger charge is 2.27. The molecule has 0 aliphatic rings. The third-order valence-electron chi connectivity index (χ3n) is 2.33. The van der Waals surface area contributed by atoms with Gasteiger partial charge in [-0.2, -0.15) is 13.2 Å². The quantitative estimate of drug-likeness (QED) is 0.843. The molecule has 0 saturated heterocycles. The van der Waals surface area contributed by atoms with Gasteiger partial charge in [-0.3, -0.25) is 0 Å². The molecular formula is C13H16F3NOS. The highest BCUT2D eigenvalue weighted by atomic mass is 32.1. The number of alkyl halides is 3. The zero-order valence-corrected chi connectivity index (χ0v) is 11.4. The summed E-state index contributed by atoms with van der Waals surface area (Å²) in [6, 6.07) is 1.87. The summed E-state index contributed by atoms with van der Waals surface area (Å²) in [7, 11) is 1.67. The summed E-state index contributed by atoms with van der Waals surface area (Å²) in [4.78, 5) is 2.63. The van der Waals surface area contributed by atoms with Crippen LogP contribution < -0.4 is 0 Å². The molecule has 0 aliphatic heterocycles. The number of aliphatic hydroxyl groups is 1. The standard InChI is InChI=1S/C13H16F3NOS/c1-17(6-5-13(14,15)16)9-12-8-11(10-19-12)4-2-3-7-18/h8,10,18H,3,5-7,9H2,1H3. The van der Waals surface area contributed by atoms with E-state index in [1.54, 1.807) is 11.9 Å². The fraction of sp³-hybridized carbons (Fsp3) is 0.538. The molecule has 0 amide bonds. The van der Waals surface area contributed by atoms with Crippen molar-refractivity contribution in [1.29, 1.82) is 0 Å². The molecule has 6 heteroatoms. The third-order valence-corrected chi connectivity index (χ3v) is 3.25. The predicted molar refractivity (Wildman–Crippen MR) is 69.9 cm³/mol. The Kier molecular flexibility index (Phi) is 6.35. The van der Waals surface area contributed by atoms with Gasteiger partial charge in [0.1, 0.15) is 0 Å². The van der Waals surface area contributed by atoms with Gasteiger partial charge in [0, 0.05) is 35.3 Å². The minimum Gasteiger partial charge on any atom is -0.395 e. The Morgan fingerprint density at radius 2 is 2.16 bits per heavy atom. The van der Waals surface area contributed by atoms with E-state index in [4.69, 9.17) is 5.11 Å². The van der Waals surface area contributed by atoms with Crippen molar-refractivity contribution in [1.82, 2.24) is 4.90 Å². The fourth-order valence-corrected chi connectivity index (χ4v) is 2.31. The van der Waals surface area contributed by atoms with Crippen molar-refractivity contribution < 1.29 is 18.3 Å². The maximum atomic E-state index is 12.1. The van der Waals surface area contributed by atoms with Gasteiger partial charge in [0.2, 0.25) is 0 Å². The van der Waals surface area contributed by atoms with Gasteiger partial charge in [-0.05, 0) is 13.1 Å². The van der Waals surface area contributed by atoms with Crippen LogP contribution in [0.1, 0.15) is 23.3 Å². The molecule has 1 aromatic rings. The number of aliphatic hydroxyl groups excluding tert-OH is 1. The Labute approximate surface area is 114 Å². The van der Waals surface area contributed by atoms with E-state index in [1.165, 1.54) is 11.3 Å². The maximum Gasteiger partial charge on any atom is 0.390 e. The van der Waals surface area contributed by atoms with Gasteiger partial charge < -0.3 is 10.0 Å². The van der Waals surface area contributed by atoms with Crippen molar-refractivity contribution >= 4 is 11.3 Å². The minimum atomic E-state index is -4.11. The first-order chi connectivity index (χ1) is 8.90. The number of thiophene rings is 1. The van der Waals surface area contributed by atoms with Crippen LogP contribution >= 0.6 is 11.3 Å². The van der Waals surface area contributed by atoms with E-state index in [0.717, 1.165) is 10.4 Å². The average Bonchev–Trinajstić information content (AvgIpc) is 2.74. The molecule has 0 bridgehead atoms. The Morgan fingerprint density at radius 1 is 1.42 bits per heavy atom. The summed E-state index contributed by atoms with van der Waals surface area (Å²) in [5.74, 6) is 5.70. The van der Waals surface area contributed by atoms with Crippen molar-refractivity contribution in [3.05, 3.63) is 21.9 Å². The lowest BCUT2D eigenvalue weighted by atomic mass is 10.3. The van der Waals surface area contributed by atoms with Crippen LogP contribution in [0.5, 0.6) is 0 Å². The van der Waals surface area contributed by atoms with E-state index in [1.807, 2.05) is 11.4 Å². The number of rotatable bonds is 5. The average molecular weight is 291 g/mol. The van der Waals surface area contributed by atoms with Crippen LogP contribution in [0.25, 0.3) is 0 Å². The maximum absolute atomic E-state index is 12.1. The van der Waals surface area contributed by atoms with E-state index in [-0.39, 0.29) is 13.2 Å². The number of hydrogen-bond acceptors (Lipinski definition) is 3. The summed E-state index contributed by atoms with van der Waals surface area (Å²) in [5.41, 5.74) is 0.845. The lowest BCUT2D eigenvalue weighted by molar-refractivity contribution is -0.137. The molecule has 2 nitrogen and oxygen atoms in total. The molecule has 0 aliphatic carbocycles. The molecule has 0 radical (unpaired) electrons. The monoisotopic (exact) mass is 291 g/mol. The molecule has 0 aromatic carbocycles. The van der Waals surface area contributed by atoms with Crippen LogP contribution in [-0.2, 0) is 6.54 Å². The second kappa shape index (κ2) is 7.53. The lowest BCUT2D eigenvalue weighted by Crippen LogP contribution is -2.23. The molecule has 0 fully saturated rings. The molecule has 1 aromatic heterocycles. The van der Waals surface area contributed by atoms with Crippen molar-refractivity contribution in [3.63, 3.8) is 0 Å².